The van der Waals surface area contributed by atoms with Crippen LogP contribution in [-0.4, -0.2) is 33.3 Å². The molecule has 23 heavy (non-hydrogen) atoms. The van der Waals surface area contributed by atoms with E-state index in [1.54, 1.807) is 6.20 Å². The maximum Gasteiger partial charge on any atom is 0.303 e. The molecule has 1 amide bonds. The molecule has 0 spiro atoms. The lowest BCUT2D eigenvalue weighted by Crippen LogP contribution is -2.25. The summed E-state index contributed by atoms with van der Waals surface area (Å²) >= 11 is 0. The van der Waals surface area contributed by atoms with Crippen molar-refractivity contribution in [3.63, 3.8) is 0 Å². The predicted molar refractivity (Wildman–Crippen MR) is 84.7 cm³/mol. The number of carboxylic acids is 1. The Kier molecular flexibility index (Phi) is 4.41. The molecule has 2 aromatic rings. The highest BCUT2D eigenvalue weighted by atomic mass is 16.4. The zero-order valence-corrected chi connectivity index (χ0v) is 12.7. The number of carbonyl (C=O) groups excluding carboxylic acids is 1. The lowest BCUT2D eigenvalue weighted by Gasteiger charge is -2.09. The maximum atomic E-state index is 12.4. The van der Waals surface area contributed by atoms with Gasteiger partial charge < -0.3 is 10.4 Å². The second kappa shape index (κ2) is 6.64. The minimum atomic E-state index is -0.852. The number of para-hydroxylation sites is 1. The summed E-state index contributed by atoms with van der Waals surface area (Å²) in [5, 5.41) is 15.8. The minimum Gasteiger partial charge on any atom is -0.481 e. The number of carboxylic acid groups (broad SMARTS) is 1. The normalized spacial score (nSPS) is 13.7. The van der Waals surface area contributed by atoms with Crippen LogP contribution in [-0.2, 0) is 4.79 Å². The molecule has 1 fully saturated rings. The van der Waals surface area contributed by atoms with Gasteiger partial charge in [-0.2, -0.15) is 5.10 Å². The van der Waals surface area contributed by atoms with Crippen molar-refractivity contribution in [3.8, 4) is 5.69 Å². The van der Waals surface area contributed by atoms with Crippen LogP contribution in [0.4, 0.5) is 0 Å². The molecule has 120 valence electrons. The number of rotatable bonds is 7. The van der Waals surface area contributed by atoms with Gasteiger partial charge in [-0.3, -0.25) is 9.59 Å². The van der Waals surface area contributed by atoms with Gasteiger partial charge in [0.15, 0.2) is 0 Å². The van der Waals surface area contributed by atoms with Crippen LogP contribution >= 0.6 is 0 Å². The van der Waals surface area contributed by atoms with E-state index >= 15 is 0 Å². The minimum absolute atomic E-state index is 0.0546. The van der Waals surface area contributed by atoms with Crippen molar-refractivity contribution in [3.05, 3.63) is 47.8 Å². The lowest BCUT2D eigenvalue weighted by atomic mass is 10.1. The number of benzene rings is 1. The fourth-order valence-corrected chi connectivity index (χ4v) is 2.59. The van der Waals surface area contributed by atoms with Gasteiger partial charge in [0, 0.05) is 18.9 Å². The summed E-state index contributed by atoms with van der Waals surface area (Å²) in [6, 6.07) is 9.76. The van der Waals surface area contributed by atoms with Crippen molar-refractivity contribution in [2.75, 3.05) is 6.54 Å². The third-order valence-corrected chi connectivity index (χ3v) is 3.87. The Hall–Kier alpha value is -2.63. The predicted octanol–water partition coefficient (Wildman–Crippen LogP) is 2.34. The Balaban J connectivity index is 1.76. The zero-order chi connectivity index (χ0) is 16.2. The third kappa shape index (κ3) is 3.59. The van der Waals surface area contributed by atoms with E-state index in [0.29, 0.717) is 24.4 Å². The smallest absolute Gasteiger partial charge is 0.303 e. The first kappa shape index (κ1) is 15.3. The average Bonchev–Trinajstić information content (AvgIpc) is 3.30. The van der Waals surface area contributed by atoms with E-state index in [1.165, 1.54) is 0 Å². The van der Waals surface area contributed by atoms with Crippen LogP contribution in [0.5, 0.6) is 0 Å². The first-order valence-electron chi connectivity index (χ1n) is 7.80. The summed E-state index contributed by atoms with van der Waals surface area (Å²) in [6.07, 6.45) is 4.22. The van der Waals surface area contributed by atoms with Gasteiger partial charge in [-0.1, -0.05) is 18.2 Å². The van der Waals surface area contributed by atoms with Gasteiger partial charge in [-0.05, 0) is 31.4 Å². The molecule has 0 radical (unpaired) electrons. The number of nitrogens with one attached hydrogen (secondary N) is 1. The van der Waals surface area contributed by atoms with Crippen LogP contribution in [0.3, 0.4) is 0 Å². The van der Waals surface area contributed by atoms with E-state index in [4.69, 9.17) is 5.11 Å². The van der Waals surface area contributed by atoms with E-state index < -0.39 is 5.97 Å². The first-order chi connectivity index (χ1) is 11.2. The van der Waals surface area contributed by atoms with E-state index in [1.807, 2.05) is 35.0 Å². The van der Waals surface area contributed by atoms with Crippen LogP contribution in [0.1, 0.15) is 47.7 Å². The van der Waals surface area contributed by atoms with E-state index in [0.717, 1.165) is 24.2 Å². The molecule has 3 rings (SSSR count). The molecule has 1 aromatic carbocycles. The molecule has 0 unspecified atom stereocenters. The molecule has 1 aliphatic carbocycles. The molecule has 1 aromatic heterocycles. The zero-order valence-electron chi connectivity index (χ0n) is 12.7. The largest absolute Gasteiger partial charge is 0.481 e. The second-order valence-corrected chi connectivity index (χ2v) is 5.72. The highest BCUT2D eigenvalue weighted by Crippen LogP contribution is 2.42. The van der Waals surface area contributed by atoms with Crippen LogP contribution in [0.25, 0.3) is 5.69 Å². The second-order valence-electron chi connectivity index (χ2n) is 5.72. The number of hydrogen-bond donors (Lipinski definition) is 2. The molecule has 0 bridgehead atoms. The molecule has 1 saturated carbocycles. The highest BCUT2D eigenvalue weighted by Gasteiger charge is 2.32. The highest BCUT2D eigenvalue weighted by molar-refractivity contribution is 5.95. The van der Waals surface area contributed by atoms with Crippen molar-refractivity contribution in [1.29, 1.82) is 0 Å². The van der Waals surface area contributed by atoms with E-state index in [-0.39, 0.29) is 12.3 Å². The Morgan fingerprint density at radius 2 is 2.00 bits per heavy atom. The van der Waals surface area contributed by atoms with Gasteiger partial charge in [-0.25, -0.2) is 4.68 Å². The topological polar surface area (TPSA) is 84.2 Å². The van der Waals surface area contributed by atoms with Crippen molar-refractivity contribution in [2.45, 2.75) is 31.6 Å². The summed E-state index contributed by atoms with van der Waals surface area (Å²) in [6.45, 7) is 0.353. The SMILES string of the molecule is O=C(O)CCCNC(=O)c1cnn(-c2ccccc2)c1C1CC1. The number of nitrogens with zero attached hydrogens (tertiary/aromatic N) is 2. The van der Waals surface area contributed by atoms with E-state index in [9.17, 15) is 9.59 Å². The number of aliphatic carboxylic acids is 1. The van der Waals surface area contributed by atoms with Gasteiger partial charge >= 0.3 is 5.97 Å². The molecule has 0 saturated heterocycles. The summed E-state index contributed by atoms with van der Waals surface area (Å²) in [5.41, 5.74) is 2.48. The molecule has 6 heteroatoms. The average molecular weight is 313 g/mol. The van der Waals surface area contributed by atoms with Crippen LogP contribution in [0.2, 0.25) is 0 Å². The number of hydrogen-bond acceptors (Lipinski definition) is 3. The summed E-state index contributed by atoms with van der Waals surface area (Å²) in [4.78, 5) is 22.9. The molecule has 6 nitrogen and oxygen atoms in total. The van der Waals surface area contributed by atoms with Crippen LogP contribution in [0.15, 0.2) is 36.5 Å². The number of carbonyl (C=O) groups is 2. The maximum absolute atomic E-state index is 12.4. The Bertz CT molecular complexity index is 705. The van der Waals surface area contributed by atoms with Crippen molar-refractivity contribution >= 4 is 11.9 Å². The summed E-state index contributed by atoms with van der Waals surface area (Å²) < 4.78 is 1.84. The molecule has 0 atom stereocenters. The third-order valence-electron chi connectivity index (χ3n) is 3.87. The molecule has 1 aliphatic rings. The van der Waals surface area contributed by atoms with Crippen molar-refractivity contribution in [2.24, 2.45) is 0 Å². The first-order valence-corrected chi connectivity index (χ1v) is 7.80. The quantitative estimate of drug-likeness (QED) is 0.768. The fourth-order valence-electron chi connectivity index (χ4n) is 2.59. The monoisotopic (exact) mass is 313 g/mol. The number of amides is 1. The van der Waals surface area contributed by atoms with Crippen molar-refractivity contribution in [1.82, 2.24) is 15.1 Å². The lowest BCUT2D eigenvalue weighted by molar-refractivity contribution is -0.137. The van der Waals surface area contributed by atoms with Crippen LogP contribution in [0, 0.1) is 0 Å². The van der Waals surface area contributed by atoms with Gasteiger partial charge in [0.25, 0.3) is 5.91 Å². The number of aromatic nitrogens is 2. The summed E-state index contributed by atoms with van der Waals surface area (Å²) in [7, 11) is 0. The Labute approximate surface area is 134 Å². The molecular formula is C17H19N3O3. The molecule has 2 N–H and O–H groups in total. The molecule has 0 aliphatic heterocycles. The van der Waals surface area contributed by atoms with Gasteiger partial charge in [0.2, 0.25) is 0 Å². The fraction of sp³-hybridized carbons (Fsp3) is 0.353. The Morgan fingerprint density at radius 1 is 1.26 bits per heavy atom. The van der Waals surface area contributed by atoms with Crippen molar-refractivity contribution < 1.29 is 14.7 Å². The van der Waals surface area contributed by atoms with E-state index in [2.05, 4.69) is 10.4 Å². The molecule has 1 heterocycles. The summed E-state index contributed by atoms with van der Waals surface area (Å²) in [5.74, 6) is -0.660. The standard InChI is InChI=1S/C17H19N3O3/c21-15(22)7-4-10-18-17(23)14-11-19-20(16(14)12-8-9-12)13-5-2-1-3-6-13/h1-3,5-6,11-12H,4,7-10H2,(H,18,23)(H,21,22). The van der Waals surface area contributed by atoms with Gasteiger partial charge in [0.05, 0.1) is 23.1 Å². The van der Waals surface area contributed by atoms with Gasteiger partial charge in [0.1, 0.15) is 0 Å². The Morgan fingerprint density at radius 3 is 2.65 bits per heavy atom. The van der Waals surface area contributed by atoms with Crippen LogP contribution < -0.4 is 5.32 Å². The molecular weight excluding hydrogens is 294 g/mol. The van der Waals surface area contributed by atoms with Gasteiger partial charge in [-0.15, -0.1) is 0 Å².